The quantitative estimate of drug-likeness (QED) is 0.875. The molecule has 3 rings (SSSR count). The van der Waals surface area contributed by atoms with Crippen LogP contribution in [0.4, 0.5) is 13.2 Å². The molecule has 0 bridgehead atoms. The van der Waals surface area contributed by atoms with Crippen LogP contribution in [-0.2, 0) is 19.0 Å². The molecule has 1 aliphatic rings. The van der Waals surface area contributed by atoms with Gasteiger partial charge < -0.3 is 0 Å². The van der Waals surface area contributed by atoms with Crippen LogP contribution in [0.25, 0.3) is 11.3 Å². The zero-order chi connectivity index (χ0) is 15.9. The number of aromatic amines is 1. The van der Waals surface area contributed by atoms with Crippen LogP contribution in [0.1, 0.15) is 30.2 Å². The van der Waals surface area contributed by atoms with Crippen LogP contribution in [0.3, 0.4) is 0 Å². The lowest BCUT2D eigenvalue weighted by Gasteiger charge is -2.20. The Balaban J connectivity index is 2.09. The van der Waals surface area contributed by atoms with Crippen LogP contribution in [0.15, 0.2) is 29.1 Å². The maximum absolute atomic E-state index is 12.8. The number of hydrogen-bond acceptors (Lipinski definition) is 2. The summed E-state index contributed by atoms with van der Waals surface area (Å²) in [6.07, 6.45) is -2.14. The molecule has 0 spiro atoms. The van der Waals surface area contributed by atoms with E-state index in [1.165, 1.54) is 12.1 Å². The first-order chi connectivity index (χ1) is 10.4. The number of fused-ring (bicyclic) bond motifs is 1. The second kappa shape index (κ2) is 5.26. The number of rotatable bonds is 1. The summed E-state index contributed by atoms with van der Waals surface area (Å²) in [5.74, 6) is 0.476. The van der Waals surface area contributed by atoms with E-state index in [0.717, 1.165) is 30.7 Å². The van der Waals surface area contributed by atoms with Gasteiger partial charge in [-0.05, 0) is 37.3 Å². The van der Waals surface area contributed by atoms with Crippen molar-refractivity contribution in [3.63, 3.8) is 0 Å². The molecule has 116 valence electrons. The lowest BCUT2D eigenvalue weighted by molar-refractivity contribution is -0.137. The van der Waals surface area contributed by atoms with E-state index >= 15 is 0 Å². The van der Waals surface area contributed by atoms with Gasteiger partial charge >= 0.3 is 6.18 Å². The highest BCUT2D eigenvalue weighted by atomic mass is 19.4. The van der Waals surface area contributed by atoms with Crippen LogP contribution in [-0.4, -0.2) is 10.2 Å². The predicted molar refractivity (Wildman–Crippen MR) is 76.5 cm³/mol. The van der Waals surface area contributed by atoms with Crippen molar-refractivity contribution in [2.45, 2.75) is 32.4 Å². The van der Waals surface area contributed by atoms with Crippen molar-refractivity contribution in [1.82, 2.24) is 10.2 Å². The zero-order valence-electron chi connectivity index (χ0n) is 12.0. The maximum Gasteiger partial charge on any atom is 0.416 e. The summed E-state index contributed by atoms with van der Waals surface area (Å²) < 4.78 is 38.4. The van der Waals surface area contributed by atoms with Gasteiger partial charge in [-0.15, -0.1) is 0 Å². The van der Waals surface area contributed by atoms with Gasteiger partial charge in [0.1, 0.15) is 5.69 Å². The summed E-state index contributed by atoms with van der Waals surface area (Å²) in [5, 5.41) is 6.87. The first-order valence-corrected chi connectivity index (χ1v) is 7.14. The molecule has 1 N–H and O–H groups in total. The average Bonchev–Trinajstić information content (AvgIpc) is 2.46. The number of hydrogen-bond donors (Lipinski definition) is 1. The molecule has 22 heavy (non-hydrogen) atoms. The van der Waals surface area contributed by atoms with Gasteiger partial charge in [0, 0.05) is 16.8 Å². The molecule has 1 atom stereocenters. The Bertz CT molecular complexity index is 765. The van der Waals surface area contributed by atoms with Gasteiger partial charge in [-0.25, -0.2) is 0 Å². The molecule has 0 fully saturated rings. The Hall–Kier alpha value is -2.11. The molecule has 0 amide bonds. The van der Waals surface area contributed by atoms with Crippen molar-refractivity contribution in [2.75, 3.05) is 0 Å². The van der Waals surface area contributed by atoms with Crippen LogP contribution in [0.5, 0.6) is 0 Å². The normalized spacial score (nSPS) is 18.1. The average molecular weight is 308 g/mol. The predicted octanol–water partition coefficient (Wildman–Crippen LogP) is 3.58. The number of nitrogens with one attached hydrogen (secondary N) is 1. The first kappa shape index (κ1) is 14.8. The molecule has 1 heterocycles. The Kier molecular flexibility index (Phi) is 3.54. The summed E-state index contributed by atoms with van der Waals surface area (Å²) in [7, 11) is 0. The number of halogens is 3. The number of H-pyrrole nitrogens is 1. The van der Waals surface area contributed by atoms with E-state index in [-0.39, 0.29) is 16.7 Å². The second-order valence-electron chi connectivity index (χ2n) is 5.78. The molecule has 1 unspecified atom stereocenters. The molecular weight excluding hydrogens is 293 g/mol. The fourth-order valence-electron chi connectivity index (χ4n) is 2.83. The Morgan fingerprint density at radius 1 is 1.32 bits per heavy atom. The van der Waals surface area contributed by atoms with E-state index in [1.807, 2.05) is 0 Å². The van der Waals surface area contributed by atoms with Gasteiger partial charge in [0.25, 0.3) is 0 Å². The van der Waals surface area contributed by atoms with Crippen LogP contribution in [0, 0.1) is 5.92 Å². The molecule has 0 saturated heterocycles. The van der Waals surface area contributed by atoms with Crippen LogP contribution < -0.4 is 5.43 Å². The summed E-state index contributed by atoms with van der Waals surface area (Å²) in [6.45, 7) is 2.10. The monoisotopic (exact) mass is 308 g/mol. The largest absolute Gasteiger partial charge is 0.416 e. The highest BCUT2D eigenvalue weighted by Crippen LogP contribution is 2.31. The third-order valence-electron chi connectivity index (χ3n) is 4.06. The summed E-state index contributed by atoms with van der Waals surface area (Å²) >= 11 is 0. The van der Waals surface area contributed by atoms with E-state index in [0.29, 0.717) is 17.9 Å². The molecule has 0 radical (unpaired) electrons. The van der Waals surface area contributed by atoms with Gasteiger partial charge in [0.2, 0.25) is 5.43 Å². The standard InChI is InChI=1S/C16H15F3N2O/c1-9-5-6-12-13(7-9)20-21-14(15(12)22)10-3-2-4-11(8-10)16(17,18)19/h2-4,8-9H,5-7H2,1H3,(H,20,22). The van der Waals surface area contributed by atoms with Crippen molar-refractivity contribution in [3.8, 4) is 11.3 Å². The minimum absolute atomic E-state index is 0.0550. The number of alkyl halides is 3. The Morgan fingerprint density at radius 3 is 2.82 bits per heavy atom. The molecule has 3 nitrogen and oxygen atoms in total. The van der Waals surface area contributed by atoms with Gasteiger partial charge in [-0.2, -0.15) is 18.3 Å². The number of nitrogens with zero attached hydrogens (tertiary/aromatic N) is 1. The Labute approximate surface area is 125 Å². The van der Waals surface area contributed by atoms with Gasteiger partial charge in [0.05, 0.1) is 5.56 Å². The lowest BCUT2D eigenvalue weighted by Crippen LogP contribution is -2.24. The minimum Gasteiger partial charge on any atom is -0.287 e. The van der Waals surface area contributed by atoms with Crippen LogP contribution >= 0.6 is 0 Å². The summed E-state index contributed by atoms with van der Waals surface area (Å²) in [5.41, 5.74) is 0.661. The molecular formula is C16H15F3N2O. The Morgan fingerprint density at radius 2 is 2.09 bits per heavy atom. The van der Waals surface area contributed by atoms with Gasteiger partial charge in [0.15, 0.2) is 0 Å². The SMILES string of the molecule is CC1CCc2c([nH]nc(-c3cccc(C(F)(F)F)c3)c2=O)C1. The second-order valence-corrected chi connectivity index (χ2v) is 5.78. The van der Waals surface area contributed by atoms with E-state index in [9.17, 15) is 18.0 Å². The van der Waals surface area contributed by atoms with E-state index in [2.05, 4.69) is 17.1 Å². The lowest BCUT2D eigenvalue weighted by atomic mass is 9.87. The highest BCUT2D eigenvalue weighted by Gasteiger charge is 2.31. The van der Waals surface area contributed by atoms with Crippen LogP contribution in [0.2, 0.25) is 0 Å². The molecule has 1 aromatic carbocycles. The molecule has 6 heteroatoms. The smallest absolute Gasteiger partial charge is 0.287 e. The van der Waals surface area contributed by atoms with Crippen molar-refractivity contribution >= 4 is 0 Å². The first-order valence-electron chi connectivity index (χ1n) is 7.14. The van der Waals surface area contributed by atoms with E-state index in [4.69, 9.17) is 0 Å². The summed E-state index contributed by atoms with van der Waals surface area (Å²) in [6, 6.07) is 4.72. The zero-order valence-corrected chi connectivity index (χ0v) is 12.0. The van der Waals surface area contributed by atoms with E-state index < -0.39 is 11.7 Å². The topological polar surface area (TPSA) is 45.8 Å². The van der Waals surface area contributed by atoms with Gasteiger partial charge in [-0.3, -0.25) is 9.89 Å². The third-order valence-corrected chi connectivity index (χ3v) is 4.06. The van der Waals surface area contributed by atoms with Crippen molar-refractivity contribution in [2.24, 2.45) is 5.92 Å². The van der Waals surface area contributed by atoms with Crippen molar-refractivity contribution < 1.29 is 13.2 Å². The fourth-order valence-corrected chi connectivity index (χ4v) is 2.83. The summed E-state index contributed by atoms with van der Waals surface area (Å²) in [4.78, 5) is 12.5. The minimum atomic E-state index is -4.44. The number of aromatic nitrogens is 2. The molecule has 1 aliphatic carbocycles. The molecule has 2 aromatic rings. The molecule has 0 saturated carbocycles. The fraction of sp³-hybridized carbons (Fsp3) is 0.375. The molecule has 0 aliphatic heterocycles. The van der Waals surface area contributed by atoms with Gasteiger partial charge in [-0.1, -0.05) is 19.1 Å². The third kappa shape index (κ3) is 2.65. The molecule has 1 aromatic heterocycles. The highest BCUT2D eigenvalue weighted by molar-refractivity contribution is 5.60. The number of benzene rings is 1. The van der Waals surface area contributed by atoms with E-state index in [1.54, 1.807) is 0 Å². The maximum atomic E-state index is 12.8. The van der Waals surface area contributed by atoms with Crippen molar-refractivity contribution in [3.05, 3.63) is 51.3 Å². The van der Waals surface area contributed by atoms with Crippen molar-refractivity contribution in [1.29, 1.82) is 0 Å².